The molecule has 0 spiro atoms. The maximum Gasteiger partial charge on any atom is 0.430 e. The molecule has 0 aliphatic rings. The lowest BCUT2D eigenvalue weighted by molar-refractivity contribution is -0.278. The number of carbonyl (C=O) groups excluding carboxylic acids is 1. The SMILES string of the molecule is CCCCO[P@@](C)(=O)C(NC(=O)CC)(C(F)(F)F)C(F)(F)F. The number of hydrogen-bond acceptors (Lipinski definition) is 3. The van der Waals surface area contributed by atoms with Gasteiger partial charge in [0.25, 0.3) is 0 Å². The average molecular weight is 357 g/mol. The van der Waals surface area contributed by atoms with Crippen LogP contribution in [0.1, 0.15) is 33.1 Å². The molecule has 0 aromatic rings. The smallest absolute Gasteiger partial charge is 0.327 e. The standard InChI is InChI=1S/C11H18F6NO3P/c1-4-6-7-21-22(3,20)9(10(12,13)14,11(15,16)17)18-8(19)5-2/h4-7H2,1-3H3,(H,18,19)/t22-/m1/s1. The number of carbonyl (C=O) groups is 1. The third kappa shape index (κ3) is 4.16. The van der Waals surface area contributed by atoms with Crippen molar-refractivity contribution >= 4 is 13.3 Å². The molecule has 4 nitrogen and oxygen atoms in total. The Labute approximate surface area is 124 Å². The van der Waals surface area contributed by atoms with Crippen molar-refractivity contribution < 1.29 is 40.2 Å². The predicted molar refractivity (Wildman–Crippen MR) is 67.7 cm³/mol. The predicted octanol–water partition coefficient (Wildman–Crippen LogP) is 4.06. The largest absolute Gasteiger partial charge is 0.430 e. The molecule has 0 rings (SSSR count). The molecule has 11 heteroatoms. The van der Waals surface area contributed by atoms with Gasteiger partial charge in [-0.1, -0.05) is 20.3 Å². The Balaban J connectivity index is 6.05. The Kier molecular flexibility index (Phi) is 6.96. The van der Waals surface area contributed by atoms with Gasteiger partial charge in [0.1, 0.15) is 0 Å². The topological polar surface area (TPSA) is 55.4 Å². The maximum absolute atomic E-state index is 13.2. The molecule has 0 saturated carbocycles. The minimum atomic E-state index is -6.04. The molecule has 0 aliphatic heterocycles. The highest BCUT2D eigenvalue weighted by Crippen LogP contribution is 2.67. The number of amides is 1. The summed E-state index contributed by atoms with van der Waals surface area (Å²) in [4.78, 5) is 11.2. The first-order valence-electron chi connectivity index (χ1n) is 6.43. The van der Waals surface area contributed by atoms with Gasteiger partial charge < -0.3 is 9.84 Å². The van der Waals surface area contributed by atoms with Gasteiger partial charge in [-0.3, -0.25) is 9.36 Å². The van der Waals surface area contributed by atoms with Gasteiger partial charge in [0.05, 0.1) is 6.61 Å². The summed E-state index contributed by atoms with van der Waals surface area (Å²) >= 11 is 0. The summed E-state index contributed by atoms with van der Waals surface area (Å²) in [6.07, 6.45) is -12.2. The van der Waals surface area contributed by atoms with Gasteiger partial charge in [0.2, 0.25) is 13.3 Å². The highest BCUT2D eigenvalue weighted by molar-refractivity contribution is 7.60. The molecule has 0 heterocycles. The number of rotatable bonds is 7. The van der Waals surface area contributed by atoms with Crippen molar-refractivity contribution in [1.29, 1.82) is 0 Å². The summed E-state index contributed by atoms with van der Waals surface area (Å²) in [6.45, 7) is 2.40. The first kappa shape index (κ1) is 21.2. The second-order valence-electron chi connectivity index (χ2n) is 4.64. The Morgan fingerprint density at radius 1 is 1.09 bits per heavy atom. The molecular weight excluding hydrogens is 339 g/mol. The summed E-state index contributed by atoms with van der Waals surface area (Å²) < 4.78 is 95.7. The third-order valence-corrected chi connectivity index (χ3v) is 5.42. The second-order valence-corrected chi connectivity index (χ2v) is 7.26. The van der Waals surface area contributed by atoms with Crippen LogP contribution in [0, 0.1) is 0 Å². The van der Waals surface area contributed by atoms with E-state index in [0.717, 1.165) is 12.2 Å². The molecule has 0 fully saturated rings. The highest BCUT2D eigenvalue weighted by Gasteiger charge is 2.80. The molecule has 1 atom stereocenters. The van der Waals surface area contributed by atoms with Crippen LogP contribution < -0.4 is 5.32 Å². The quantitative estimate of drug-likeness (QED) is 0.425. The average Bonchev–Trinajstić information content (AvgIpc) is 2.32. The number of alkyl halides is 6. The zero-order valence-electron chi connectivity index (χ0n) is 12.3. The van der Waals surface area contributed by atoms with E-state index in [9.17, 15) is 35.7 Å². The lowest BCUT2D eigenvalue weighted by Gasteiger charge is -2.41. The van der Waals surface area contributed by atoms with Crippen LogP contribution in [-0.2, 0) is 13.9 Å². The van der Waals surface area contributed by atoms with Gasteiger partial charge in [-0.15, -0.1) is 0 Å². The van der Waals surface area contributed by atoms with Gasteiger partial charge in [0, 0.05) is 13.1 Å². The third-order valence-electron chi connectivity index (χ3n) is 2.91. The van der Waals surface area contributed by atoms with E-state index in [2.05, 4.69) is 4.52 Å². The molecule has 132 valence electrons. The Bertz CT molecular complexity index is 421. The highest BCUT2D eigenvalue weighted by atomic mass is 31.2. The van der Waals surface area contributed by atoms with Crippen LogP contribution in [-0.4, -0.2) is 36.8 Å². The van der Waals surface area contributed by atoms with E-state index in [0.29, 0.717) is 6.42 Å². The van der Waals surface area contributed by atoms with Crippen LogP contribution in [0.5, 0.6) is 0 Å². The van der Waals surface area contributed by atoms with E-state index in [4.69, 9.17) is 0 Å². The fourth-order valence-electron chi connectivity index (χ4n) is 1.63. The Morgan fingerprint density at radius 3 is 1.86 bits per heavy atom. The van der Waals surface area contributed by atoms with Crippen LogP contribution in [0.4, 0.5) is 26.3 Å². The van der Waals surface area contributed by atoms with Crippen LogP contribution in [0.2, 0.25) is 0 Å². The van der Waals surface area contributed by atoms with Crippen LogP contribution in [0.25, 0.3) is 0 Å². The van der Waals surface area contributed by atoms with Gasteiger partial charge in [-0.25, -0.2) is 0 Å². The normalized spacial score (nSPS) is 16.2. The first-order valence-corrected chi connectivity index (χ1v) is 8.50. The Hall–Kier alpha value is -0.760. The van der Waals surface area contributed by atoms with E-state index in [1.807, 2.05) is 0 Å². The maximum atomic E-state index is 13.2. The van der Waals surface area contributed by atoms with Crippen LogP contribution in [0.3, 0.4) is 0 Å². The van der Waals surface area contributed by atoms with E-state index in [1.54, 1.807) is 6.92 Å². The molecule has 0 unspecified atom stereocenters. The molecule has 0 saturated heterocycles. The number of hydrogen-bond donors (Lipinski definition) is 1. The van der Waals surface area contributed by atoms with Gasteiger partial charge >= 0.3 is 17.6 Å². The van der Waals surface area contributed by atoms with E-state index < -0.39 is 43.9 Å². The number of unbranched alkanes of at least 4 members (excludes halogenated alkanes) is 1. The molecule has 0 aromatic heterocycles. The van der Waals surface area contributed by atoms with Crippen molar-refractivity contribution in [3.05, 3.63) is 0 Å². The number of halogens is 6. The van der Waals surface area contributed by atoms with Gasteiger partial charge in [-0.2, -0.15) is 26.3 Å². The molecular formula is C11H18F6NO3P. The lowest BCUT2D eigenvalue weighted by atomic mass is 10.2. The zero-order chi connectivity index (χ0) is 17.8. The summed E-state index contributed by atoms with van der Waals surface area (Å²) in [7, 11) is -5.36. The molecule has 22 heavy (non-hydrogen) atoms. The summed E-state index contributed by atoms with van der Waals surface area (Å²) in [5.74, 6) is -1.53. The van der Waals surface area contributed by atoms with E-state index >= 15 is 0 Å². The molecule has 1 N–H and O–H groups in total. The minimum Gasteiger partial charge on any atom is -0.327 e. The monoisotopic (exact) mass is 357 g/mol. The summed E-state index contributed by atoms with van der Waals surface area (Å²) in [5, 5.41) is -4.07. The lowest BCUT2D eigenvalue weighted by Crippen LogP contribution is -2.67. The van der Waals surface area contributed by atoms with Crippen molar-refractivity contribution in [1.82, 2.24) is 5.32 Å². The van der Waals surface area contributed by atoms with Crippen molar-refractivity contribution in [3.8, 4) is 0 Å². The van der Waals surface area contributed by atoms with Crippen molar-refractivity contribution in [2.45, 2.75) is 50.7 Å². The molecule has 0 radical (unpaired) electrons. The zero-order valence-corrected chi connectivity index (χ0v) is 13.2. The van der Waals surface area contributed by atoms with E-state index in [-0.39, 0.29) is 13.1 Å². The van der Waals surface area contributed by atoms with Gasteiger partial charge in [0.15, 0.2) is 0 Å². The van der Waals surface area contributed by atoms with Crippen LogP contribution in [0.15, 0.2) is 0 Å². The molecule has 0 aliphatic carbocycles. The summed E-state index contributed by atoms with van der Waals surface area (Å²) in [6, 6.07) is 0. The fourth-order valence-corrected chi connectivity index (χ4v) is 3.55. The fraction of sp³-hybridized carbons (Fsp3) is 0.909. The Morgan fingerprint density at radius 2 is 1.55 bits per heavy atom. The number of nitrogens with one attached hydrogen (secondary N) is 1. The molecule has 1 amide bonds. The molecule has 0 bridgehead atoms. The van der Waals surface area contributed by atoms with Crippen molar-refractivity contribution in [2.75, 3.05) is 13.3 Å². The van der Waals surface area contributed by atoms with Crippen molar-refractivity contribution in [3.63, 3.8) is 0 Å². The van der Waals surface area contributed by atoms with Crippen molar-refractivity contribution in [2.24, 2.45) is 0 Å². The first-order chi connectivity index (χ1) is 9.77. The van der Waals surface area contributed by atoms with Crippen LogP contribution >= 0.6 is 7.37 Å². The molecule has 0 aromatic carbocycles. The summed E-state index contributed by atoms with van der Waals surface area (Å²) in [5.41, 5.74) is 0. The second kappa shape index (κ2) is 7.21. The minimum absolute atomic E-state index is 0.130. The van der Waals surface area contributed by atoms with E-state index in [1.165, 1.54) is 0 Å². The van der Waals surface area contributed by atoms with Gasteiger partial charge in [-0.05, 0) is 6.42 Å².